The van der Waals surface area contributed by atoms with Crippen LogP contribution in [0.3, 0.4) is 0 Å². The highest BCUT2D eigenvalue weighted by Crippen LogP contribution is 2.46. The Hall–Kier alpha value is -4.56. The van der Waals surface area contributed by atoms with Gasteiger partial charge >= 0.3 is 23.9 Å². The highest BCUT2D eigenvalue weighted by atomic mass is 16.7. The molecule has 48 heavy (non-hydrogen) atoms. The van der Waals surface area contributed by atoms with E-state index in [0.29, 0.717) is 24.5 Å². The lowest BCUT2D eigenvalue weighted by Gasteiger charge is -2.44. The average Bonchev–Trinajstić information content (AvgIpc) is 3.04. The van der Waals surface area contributed by atoms with E-state index in [9.17, 15) is 19.2 Å². The summed E-state index contributed by atoms with van der Waals surface area (Å²) in [6.07, 6.45) is -5.15. The minimum absolute atomic E-state index is 0.00278. The third kappa shape index (κ3) is 7.29. The van der Waals surface area contributed by atoms with Gasteiger partial charge in [-0.1, -0.05) is 6.07 Å². The molecule has 6 atom stereocenters. The summed E-state index contributed by atoms with van der Waals surface area (Å²) < 4.78 is 51.4. The first-order valence-electron chi connectivity index (χ1n) is 15.6. The van der Waals surface area contributed by atoms with Crippen LogP contribution in [0.2, 0.25) is 0 Å². The van der Waals surface area contributed by atoms with Crippen molar-refractivity contribution >= 4 is 23.9 Å². The van der Waals surface area contributed by atoms with Gasteiger partial charge in [0.15, 0.2) is 35.2 Å². The molecule has 14 nitrogen and oxygen atoms in total. The van der Waals surface area contributed by atoms with Gasteiger partial charge in [-0.3, -0.25) is 24.1 Å². The van der Waals surface area contributed by atoms with Crippen molar-refractivity contribution in [3.05, 3.63) is 46.5 Å². The maximum absolute atomic E-state index is 12.3. The Morgan fingerprint density at radius 1 is 0.771 bits per heavy atom. The fourth-order valence-corrected chi connectivity index (χ4v) is 6.66. The summed E-state index contributed by atoms with van der Waals surface area (Å²) in [5.41, 5.74) is 4.33. The summed E-state index contributed by atoms with van der Waals surface area (Å²) in [5, 5.41) is 0. The topological polar surface area (TPSA) is 155 Å². The fourth-order valence-electron chi connectivity index (χ4n) is 6.66. The minimum Gasteiger partial charge on any atom is -0.493 e. The van der Waals surface area contributed by atoms with E-state index in [1.165, 1.54) is 21.0 Å². The van der Waals surface area contributed by atoms with E-state index < -0.39 is 54.6 Å². The lowest BCUT2D eigenvalue weighted by atomic mass is 9.83. The maximum atomic E-state index is 12.3. The van der Waals surface area contributed by atoms with Crippen LogP contribution in [0.15, 0.2) is 24.3 Å². The van der Waals surface area contributed by atoms with Gasteiger partial charge < -0.3 is 42.6 Å². The predicted molar refractivity (Wildman–Crippen MR) is 166 cm³/mol. The number of rotatable bonds is 10. The van der Waals surface area contributed by atoms with Gasteiger partial charge in [0.2, 0.25) is 12.4 Å². The van der Waals surface area contributed by atoms with E-state index in [1.54, 1.807) is 14.2 Å². The first kappa shape index (κ1) is 34.8. The molecule has 3 aliphatic heterocycles. The van der Waals surface area contributed by atoms with Crippen molar-refractivity contribution < 1.29 is 61.8 Å². The fraction of sp³-hybridized carbons (Fsp3) is 0.529. The quantitative estimate of drug-likeness (QED) is 0.269. The Morgan fingerprint density at radius 2 is 1.44 bits per heavy atom. The third-order valence-electron chi connectivity index (χ3n) is 8.60. The molecule has 0 saturated carbocycles. The number of fused-ring (bicyclic) bond motifs is 4. The van der Waals surface area contributed by atoms with Crippen LogP contribution < -0.4 is 18.9 Å². The Kier molecular flexibility index (Phi) is 10.6. The zero-order valence-corrected chi connectivity index (χ0v) is 28.1. The van der Waals surface area contributed by atoms with E-state index in [-0.39, 0.29) is 18.4 Å². The van der Waals surface area contributed by atoms with E-state index in [1.807, 2.05) is 18.2 Å². The van der Waals surface area contributed by atoms with Crippen molar-refractivity contribution in [3.8, 4) is 23.0 Å². The SMILES string of the molecule is COc1cc2c(cc1OC1OC(COC(C)=O)C(OC(C)=O)C(OC(C)=O)C1OC(C)=O)[C@@H]1Cc3ccc(OC)c(OC)c3CN1CC2. The molecule has 5 unspecified atom stereocenters. The van der Waals surface area contributed by atoms with Gasteiger partial charge in [0.05, 0.1) is 21.3 Å². The van der Waals surface area contributed by atoms with Crippen LogP contribution >= 0.6 is 0 Å². The number of esters is 4. The van der Waals surface area contributed by atoms with Crippen LogP contribution in [-0.4, -0.2) is 94.0 Å². The van der Waals surface area contributed by atoms with E-state index >= 15 is 0 Å². The maximum Gasteiger partial charge on any atom is 0.303 e. The van der Waals surface area contributed by atoms with Crippen molar-refractivity contribution in [3.63, 3.8) is 0 Å². The molecule has 0 amide bonds. The second-order valence-electron chi connectivity index (χ2n) is 11.8. The molecule has 3 heterocycles. The molecule has 0 spiro atoms. The lowest BCUT2D eigenvalue weighted by Crippen LogP contribution is -2.63. The predicted octanol–water partition coefficient (Wildman–Crippen LogP) is 2.83. The molecule has 5 rings (SSSR count). The van der Waals surface area contributed by atoms with Gasteiger partial charge in [0.1, 0.15) is 12.7 Å². The molecule has 1 saturated heterocycles. The van der Waals surface area contributed by atoms with Gasteiger partial charge in [0.25, 0.3) is 0 Å². The molecular formula is C34H41NO13. The summed E-state index contributed by atoms with van der Waals surface area (Å²) in [6.45, 7) is 5.79. The summed E-state index contributed by atoms with van der Waals surface area (Å²) in [6, 6.07) is 7.76. The van der Waals surface area contributed by atoms with Gasteiger partial charge in [-0.25, -0.2) is 0 Å². The molecular weight excluding hydrogens is 630 g/mol. The normalized spacial score (nSPS) is 24.5. The van der Waals surface area contributed by atoms with Crippen molar-refractivity contribution in [1.29, 1.82) is 0 Å². The molecule has 3 aliphatic rings. The molecule has 14 heteroatoms. The third-order valence-corrected chi connectivity index (χ3v) is 8.60. The van der Waals surface area contributed by atoms with Crippen molar-refractivity contribution in [2.45, 2.75) is 83.8 Å². The van der Waals surface area contributed by atoms with Crippen LogP contribution in [0.5, 0.6) is 23.0 Å². The highest BCUT2D eigenvalue weighted by Gasteiger charge is 2.53. The van der Waals surface area contributed by atoms with Crippen LogP contribution in [0.25, 0.3) is 0 Å². The molecule has 0 N–H and O–H groups in total. The van der Waals surface area contributed by atoms with Crippen molar-refractivity contribution in [2.75, 3.05) is 34.5 Å². The molecule has 2 aromatic carbocycles. The summed E-state index contributed by atoms with van der Waals surface area (Å²) >= 11 is 0. The lowest BCUT2D eigenvalue weighted by molar-refractivity contribution is -0.288. The molecule has 260 valence electrons. The van der Waals surface area contributed by atoms with Crippen LogP contribution in [0, 0.1) is 0 Å². The summed E-state index contributed by atoms with van der Waals surface area (Å²) in [7, 11) is 4.76. The number of methoxy groups -OCH3 is 3. The number of hydrogen-bond donors (Lipinski definition) is 0. The van der Waals surface area contributed by atoms with Crippen LogP contribution in [0.4, 0.5) is 0 Å². The molecule has 2 aromatic rings. The Bertz CT molecular complexity index is 1560. The van der Waals surface area contributed by atoms with Crippen molar-refractivity contribution in [2.24, 2.45) is 0 Å². The van der Waals surface area contributed by atoms with E-state index in [0.717, 1.165) is 54.8 Å². The Balaban J connectivity index is 1.53. The molecule has 0 aliphatic carbocycles. The number of carbonyl (C=O) groups is 4. The monoisotopic (exact) mass is 671 g/mol. The van der Waals surface area contributed by atoms with Gasteiger partial charge in [-0.2, -0.15) is 0 Å². The van der Waals surface area contributed by atoms with Gasteiger partial charge in [-0.05, 0) is 47.7 Å². The Labute approximate surface area is 278 Å². The van der Waals surface area contributed by atoms with Gasteiger partial charge in [-0.15, -0.1) is 0 Å². The molecule has 0 radical (unpaired) electrons. The Morgan fingerprint density at radius 3 is 2.06 bits per heavy atom. The number of nitrogens with zero attached hydrogens (tertiary/aromatic N) is 1. The number of ether oxygens (including phenoxy) is 9. The standard InChI is InChI=1S/C34H41NO13/c1-17(36)43-16-29-31(44-18(2)37)32(45-19(3)38)33(46-20(4)39)34(48-29)47-28-14-23-22(13-27(28)41-6)10-11-35-15-24-21(12-25(23)35)8-9-26(40-5)30(24)42-7/h8-9,13-14,25,29,31-34H,10-12,15-16H2,1-7H3/t25-,29?,31?,32?,33?,34?/m0/s1. The average molecular weight is 672 g/mol. The largest absolute Gasteiger partial charge is 0.493 e. The molecule has 0 aromatic heterocycles. The van der Waals surface area contributed by atoms with Gasteiger partial charge in [0, 0.05) is 52.4 Å². The highest BCUT2D eigenvalue weighted by molar-refractivity contribution is 5.69. The first-order chi connectivity index (χ1) is 22.9. The zero-order chi connectivity index (χ0) is 34.7. The second kappa shape index (κ2) is 14.7. The summed E-state index contributed by atoms with van der Waals surface area (Å²) in [4.78, 5) is 50.8. The second-order valence-corrected chi connectivity index (χ2v) is 11.8. The summed E-state index contributed by atoms with van der Waals surface area (Å²) in [5.74, 6) is -0.723. The number of carbonyl (C=O) groups excluding carboxylic acids is 4. The number of hydrogen-bond acceptors (Lipinski definition) is 14. The zero-order valence-electron chi connectivity index (χ0n) is 28.1. The molecule has 0 bridgehead atoms. The minimum atomic E-state index is -1.40. The van der Waals surface area contributed by atoms with E-state index in [4.69, 9.17) is 42.6 Å². The molecule has 1 fully saturated rings. The first-order valence-corrected chi connectivity index (χ1v) is 15.6. The van der Waals surface area contributed by atoms with E-state index in [2.05, 4.69) is 11.0 Å². The smallest absolute Gasteiger partial charge is 0.303 e. The van der Waals surface area contributed by atoms with Crippen molar-refractivity contribution in [1.82, 2.24) is 4.90 Å². The van der Waals surface area contributed by atoms with Crippen LogP contribution in [0.1, 0.15) is 56.0 Å². The number of benzene rings is 2. The van der Waals surface area contributed by atoms with Crippen LogP contribution in [-0.2, 0) is 62.2 Å².